The van der Waals surface area contributed by atoms with E-state index in [0.717, 1.165) is 6.42 Å². The number of carbonyl (C=O) groups is 3. The third kappa shape index (κ3) is 5.94. The molecule has 0 aliphatic heterocycles. The largest absolute Gasteiger partial charge is 0.340 e. The molecule has 148 valence electrons. The summed E-state index contributed by atoms with van der Waals surface area (Å²) in [6, 6.07) is 17.1. The number of likely N-dealkylation sites (N-methyl/N-ethyl adjacent to an activating group) is 1. The van der Waals surface area contributed by atoms with Crippen LogP contribution in [0.15, 0.2) is 60.7 Å². The van der Waals surface area contributed by atoms with Gasteiger partial charge in [-0.05, 0) is 30.2 Å². The van der Waals surface area contributed by atoms with E-state index in [1.54, 1.807) is 43.4 Å². The van der Waals surface area contributed by atoms with E-state index < -0.39 is 6.04 Å². The Balaban J connectivity index is 2.02. The molecule has 2 aromatic carbocycles. The molecule has 6 heteroatoms. The molecule has 2 atom stereocenters. The molecule has 0 saturated heterocycles. The van der Waals surface area contributed by atoms with Crippen LogP contribution < -0.4 is 10.6 Å². The van der Waals surface area contributed by atoms with Crippen LogP contribution in [-0.2, 0) is 9.59 Å². The lowest BCUT2D eigenvalue weighted by molar-refractivity contribution is -0.136. The average Bonchev–Trinajstić information content (AvgIpc) is 2.72. The van der Waals surface area contributed by atoms with Crippen molar-refractivity contribution in [3.05, 3.63) is 66.2 Å². The van der Waals surface area contributed by atoms with Crippen molar-refractivity contribution in [1.82, 2.24) is 10.2 Å². The summed E-state index contributed by atoms with van der Waals surface area (Å²) in [7, 11) is 1.57. The third-order valence-electron chi connectivity index (χ3n) is 4.62. The maximum absolute atomic E-state index is 12.9. The van der Waals surface area contributed by atoms with Crippen molar-refractivity contribution in [3.8, 4) is 0 Å². The van der Waals surface area contributed by atoms with Crippen LogP contribution in [0.2, 0.25) is 0 Å². The molecule has 0 heterocycles. The molecular formula is C22H27N3O3. The molecule has 0 bridgehead atoms. The fourth-order valence-electron chi connectivity index (χ4n) is 2.75. The molecule has 28 heavy (non-hydrogen) atoms. The van der Waals surface area contributed by atoms with E-state index in [2.05, 4.69) is 10.6 Å². The number of hydrogen-bond donors (Lipinski definition) is 2. The van der Waals surface area contributed by atoms with E-state index >= 15 is 0 Å². The highest BCUT2D eigenvalue weighted by atomic mass is 16.2. The summed E-state index contributed by atoms with van der Waals surface area (Å²) in [5.41, 5.74) is 1.16. The van der Waals surface area contributed by atoms with Crippen molar-refractivity contribution in [3.63, 3.8) is 0 Å². The Bertz CT molecular complexity index is 793. The number of nitrogens with one attached hydrogen (secondary N) is 2. The summed E-state index contributed by atoms with van der Waals surface area (Å²) in [5.74, 6) is -0.956. The van der Waals surface area contributed by atoms with Gasteiger partial charge in [-0.3, -0.25) is 14.4 Å². The lowest BCUT2D eigenvalue weighted by Crippen LogP contribution is -2.52. The molecular weight excluding hydrogens is 354 g/mol. The highest BCUT2D eigenvalue weighted by molar-refractivity contribution is 5.99. The first-order valence-corrected chi connectivity index (χ1v) is 9.38. The van der Waals surface area contributed by atoms with Crippen molar-refractivity contribution < 1.29 is 14.4 Å². The zero-order chi connectivity index (χ0) is 20.5. The summed E-state index contributed by atoms with van der Waals surface area (Å²) in [4.78, 5) is 39.0. The Morgan fingerprint density at radius 1 is 0.964 bits per heavy atom. The molecule has 0 radical (unpaired) electrons. The Hall–Kier alpha value is -3.15. The molecule has 0 fully saturated rings. The van der Waals surface area contributed by atoms with E-state index in [4.69, 9.17) is 0 Å². The summed E-state index contributed by atoms with van der Waals surface area (Å²) in [5, 5.41) is 5.58. The minimum atomic E-state index is -0.702. The Morgan fingerprint density at radius 2 is 1.54 bits per heavy atom. The molecule has 0 aromatic heterocycles. The van der Waals surface area contributed by atoms with Crippen LogP contribution in [0.4, 0.5) is 5.69 Å². The normalized spacial score (nSPS) is 12.5. The van der Waals surface area contributed by atoms with Crippen LogP contribution in [0.1, 0.15) is 30.6 Å². The first-order chi connectivity index (χ1) is 13.4. The van der Waals surface area contributed by atoms with Gasteiger partial charge < -0.3 is 15.5 Å². The summed E-state index contributed by atoms with van der Waals surface area (Å²) in [6.07, 6.45) is 0.718. The molecule has 2 N–H and O–H groups in total. The van der Waals surface area contributed by atoms with Gasteiger partial charge in [-0.15, -0.1) is 0 Å². The van der Waals surface area contributed by atoms with Gasteiger partial charge in [-0.2, -0.15) is 0 Å². The maximum atomic E-state index is 12.9. The number of amides is 3. The number of para-hydroxylation sites is 1. The molecule has 2 unspecified atom stereocenters. The van der Waals surface area contributed by atoms with Crippen LogP contribution in [-0.4, -0.2) is 42.3 Å². The van der Waals surface area contributed by atoms with Crippen molar-refractivity contribution in [2.45, 2.75) is 26.3 Å². The van der Waals surface area contributed by atoms with Gasteiger partial charge in [0, 0.05) is 18.3 Å². The number of hydrogen-bond acceptors (Lipinski definition) is 3. The second-order valence-corrected chi connectivity index (χ2v) is 6.81. The van der Waals surface area contributed by atoms with Gasteiger partial charge in [0.05, 0.1) is 6.54 Å². The monoisotopic (exact) mass is 381 g/mol. The van der Waals surface area contributed by atoms with Gasteiger partial charge in [0.1, 0.15) is 6.04 Å². The fraction of sp³-hybridized carbons (Fsp3) is 0.318. The van der Waals surface area contributed by atoms with Crippen LogP contribution in [0.3, 0.4) is 0 Å². The van der Waals surface area contributed by atoms with Crippen molar-refractivity contribution >= 4 is 23.4 Å². The smallest absolute Gasteiger partial charge is 0.251 e. The first kappa shape index (κ1) is 21.2. The van der Waals surface area contributed by atoms with Crippen molar-refractivity contribution in [2.75, 3.05) is 18.9 Å². The Labute approximate surface area is 165 Å². The van der Waals surface area contributed by atoms with Gasteiger partial charge >= 0.3 is 0 Å². The van der Waals surface area contributed by atoms with Gasteiger partial charge in [0.2, 0.25) is 11.8 Å². The SMILES string of the molecule is CCC(C)C(NC(=O)c1ccccc1)C(=O)N(C)CC(=O)Nc1ccccc1. The minimum absolute atomic E-state index is 0.0696. The van der Waals surface area contributed by atoms with E-state index in [-0.39, 0.29) is 30.2 Å². The number of rotatable bonds is 8. The van der Waals surface area contributed by atoms with Crippen LogP contribution in [0, 0.1) is 5.92 Å². The number of nitrogens with zero attached hydrogens (tertiary/aromatic N) is 1. The second kappa shape index (κ2) is 10.3. The zero-order valence-corrected chi connectivity index (χ0v) is 16.5. The summed E-state index contributed by atoms with van der Waals surface area (Å²) in [6.45, 7) is 3.77. The molecule has 0 aliphatic rings. The lowest BCUT2D eigenvalue weighted by atomic mass is 9.97. The predicted molar refractivity (Wildman–Crippen MR) is 110 cm³/mol. The van der Waals surface area contributed by atoms with Crippen LogP contribution in [0.25, 0.3) is 0 Å². The van der Waals surface area contributed by atoms with Crippen molar-refractivity contribution in [2.24, 2.45) is 5.92 Å². The quantitative estimate of drug-likeness (QED) is 0.738. The number of anilines is 1. The standard InChI is InChI=1S/C22H27N3O3/c1-4-16(2)20(24-21(27)17-11-7-5-8-12-17)22(28)25(3)15-19(26)23-18-13-9-6-10-14-18/h5-14,16,20H,4,15H2,1-3H3,(H,23,26)(H,24,27). The molecule has 0 saturated carbocycles. The molecule has 6 nitrogen and oxygen atoms in total. The van der Waals surface area contributed by atoms with Crippen molar-refractivity contribution in [1.29, 1.82) is 0 Å². The van der Waals surface area contributed by atoms with Crippen LogP contribution >= 0.6 is 0 Å². The molecule has 2 rings (SSSR count). The van der Waals surface area contributed by atoms with Gasteiger partial charge in [-0.25, -0.2) is 0 Å². The third-order valence-corrected chi connectivity index (χ3v) is 4.62. The molecule has 0 aliphatic carbocycles. The average molecular weight is 381 g/mol. The topological polar surface area (TPSA) is 78.5 Å². The van der Waals surface area contributed by atoms with Crippen LogP contribution in [0.5, 0.6) is 0 Å². The van der Waals surface area contributed by atoms with E-state index in [1.165, 1.54) is 4.90 Å². The van der Waals surface area contributed by atoms with E-state index in [9.17, 15) is 14.4 Å². The highest BCUT2D eigenvalue weighted by Crippen LogP contribution is 2.12. The van der Waals surface area contributed by atoms with E-state index in [1.807, 2.05) is 38.1 Å². The Morgan fingerprint density at radius 3 is 2.11 bits per heavy atom. The van der Waals surface area contributed by atoms with Gasteiger partial charge in [0.15, 0.2) is 0 Å². The predicted octanol–water partition coefficient (Wildman–Crippen LogP) is 2.93. The lowest BCUT2D eigenvalue weighted by Gasteiger charge is -2.28. The summed E-state index contributed by atoms with van der Waals surface area (Å²) < 4.78 is 0. The summed E-state index contributed by atoms with van der Waals surface area (Å²) >= 11 is 0. The Kier molecular flexibility index (Phi) is 7.75. The zero-order valence-electron chi connectivity index (χ0n) is 16.5. The van der Waals surface area contributed by atoms with E-state index in [0.29, 0.717) is 11.3 Å². The highest BCUT2D eigenvalue weighted by Gasteiger charge is 2.29. The molecule has 0 spiro atoms. The second-order valence-electron chi connectivity index (χ2n) is 6.81. The maximum Gasteiger partial charge on any atom is 0.251 e. The molecule has 2 aromatic rings. The fourth-order valence-corrected chi connectivity index (χ4v) is 2.75. The number of benzene rings is 2. The number of carbonyl (C=O) groups excluding carboxylic acids is 3. The minimum Gasteiger partial charge on any atom is -0.340 e. The first-order valence-electron chi connectivity index (χ1n) is 9.38. The van der Waals surface area contributed by atoms with Gasteiger partial charge in [-0.1, -0.05) is 56.7 Å². The van der Waals surface area contributed by atoms with Gasteiger partial charge in [0.25, 0.3) is 5.91 Å². The molecule has 3 amide bonds.